The Hall–Kier alpha value is -0.670. The molecule has 0 aromatic carbocycles. The number of carbonyl (C=O) groups excluding carboxylic acids is 2. The summed E-state index contributed by atoms with van der Waals surface area (Å²) >= 11 is 0. The number of nitrogens with one attached hydrogen (secondary N) is 1. The van der Waals surface area contributed by atoms with Gasteiger partial charge in [-0.2, -0.15) is 0 Å². The predicted octanol–water partition coefficient (Wildman–Crippen LogP) is 1.76. The Kier molecular flexibility index (Phi) is 5.34. The fraction of sp³-hybridized carbons (Fsp3) is 0.818. The van der Waals surface area contributed by atoms with Gasteiger partial charge in [-0.25, -0.2) is 0 Å². The van der Waals surface area contributed by atoms with Crippen molar-refractivity contribution in [1.29, 1.82) is 0 Å². The van der Waals surface area contributed by atoms with Crippen LogP contribution in [-0.2, 0) is 18.7 Å². The molecule has 0 radical (unpaired) electrons. The van der Waals surface area contributed by atoms with Crippen molar-refractivity contribution in [2.24, 2.45) is 5.92 Å². The lowest BCUT2D eigenvalue weighted by atomic mass is 10.1. The third kappa shape index (κ3) is 5.00. The van der Waals surface area contributed by atoms with Gasteiger partial charge >= 0.3 is 0 Å². The second-order valence-corrected chi connectivity index (χ2v) is 7.26. The maximum atomic E-state index is 12.0. The highest BCUT2D eigenvalue weighted by Crippen LogP contribution is 2.44. The largest absolute Gasteiger partial charge is 0.329 e. The van der Waals surface area contributed by atoms with E-state index in [4.69, 9.17) is 4.52 Å². The van der Waals surface area contributed by atoms with E-state index in [9.17, 15) is 14.2 Å². The van der Waals surface area contributed by atoms with Gasteiger partial charge < -0.3 is 4.52 Å². The van der Waals surface area contributed by atoms with Crippen molar-refractivity contribution < 1.29 is 18.7 Å². The summed E-state index contributed by atoms with van der Waals surface area (Å²) < 4.78 is 17.3. The first-order valence-corrected chi connectivity index (χ1v) is 8.25. The quantitative estimate of drug-likeness (QED) is 0.430. The van der Waals surface area contributed by atoms with Crippen LogP contribution in [0.2, 0.25) is 0 Å². The number of hydrogen-bond acceptors (Lipinski definition) is 4. The topological polar surface area (TPSA) is 72.5 Å². The van der Waals surface area contributed by atoms with Crippen molar-refractivity contribution in [3.63, 3.8) is 0 Å². The van der Waals surface area contributed by atoms with Crippen molar-refractivity contribution in [3.8, 4) is 0 Å². The second-order valence-electron chi connectivity index (χ2n) is 4.53. The van der Waals surface area contributed by atoms with Crippen molar-refractivity contribution >= 4 is 19.2 Å². The molecule has 17 heavy (non-hydrogen) atoms. The molecule has 1 aliphatic heterocycles. The predicted molar refractivity (Wildman–Crippen MR) is 65.1 cm³/mol. The van der Waals surface area contributed by atoms with Gasteiger partial charge in [0, 0.05) is 25.2 Å². The maximum absolute atomic E-state index is 12.0. The molecule has 2 amide bonds. The normalized spacial score (nSPS) is 23.5. The van der Waals surface area contributed by atoms with E-state index in [2.05, 4.69) is 5.32 Å². The van der Waals surface area contributed by atoms with Gasteiger partial charge in [-0.3, -0.25) is 19.5 Å². The smallest absolute Gasteiger partial charge is 0.230 e. The highest BCUT2D eigenvalue weighted by atomic mass is 31.2. The van der Waals surface area contributed by atoms with E-state index in [1.807, 2.05) is 6.92 Å². The van der Waals surface area contributed by atoms with Gasteiger partial charge in [-0.15, -0.1) is 0 Å². The third-order valence-corrected chi connectivity index (χ3v) is 4.61. The second kappa shape index (κ2) is 6.31. The van der Waals surface area contributed by atoms with Crippen LogP contribution in [0, 0.1) is 5.92 Å². The highest BCUT2D eigenvalue weighted by molar-refractivity contribution is 7.58. The minimum absolute atomic E-state index is 0.216. The first-order chi connectivity index (χ1) is 7.94. The van der Waals surface area contributed by atoms with E-state index in [0.717, 1.165) is 12.8 Å². The molecule has 5 nitrogen and oxygen atoms in total. The van der Waals surface area contributed by atoms with Crippen LogP contribution >= 0.6 is 7.37 Å². The van der Waals surface area contributed by atoms with Crippen LogP contribution in [0.15, 0.2) is 0 Å². The highest BCUT2D eigenvalue weighted by Gasteiger charge is 2.31. The first kappa shape index (κ1) is 14.4. The third-order valence-electron chi connectivity index (χ3n) is 2.81. The Labute approximate surface area is 102 Å². The van der Waals surface area contributed by atoms with Gasteiger partial charge in [0.15, 0.2) is 7.37 Å². The standard InChI is InChI=1S/C11H20NO4P/c1-3-4-6-16-17(2,15)7-5-9-8-10(13)12-11(9)14/h9H,3-8H2,1-2H3,(H,12,13,14). The Balaban J connectivity index is 2.31. The van der Waals surface area contributed by atoms with Crippen molar-refractivity contribution in [2.45, 2.75) is 32.6 Å². The van der Waals surface area contributed by atoms with Gasteiger partial charge in [0.2, 0.25) is 11.8 Å². The first-order valence-electron chi connectivity index (χ1n) is 5.99. The summed E-state index contributed by atoms with van der Waals surface area (Å²) in [7, 11) is -2.61. The van der Waals surface area contributed by atoms with Crippen LogP contribution in [0.4, 0.5) is 0 Å². The number of imide groups is 1. The average Bonchev–Trinajstić information content (AvgIpc) is 2.55. The zero-order valence-corrected chi connectivity index (χ0v) is 11.3. The molecule has 1 fully saturated rings. The van der Waals surface area contributed by atoms with E-state index in [0.29, 0.717) is 19.2 Å². The molecule has 1 rings (SSSR count). The van der Waals surface area contributed by atoms with Gasteiger partial charge in [0.25, 0.3) is 0 Å². The Morgan fingerprint density at radius 2 is 2.18 bits per heavy atom. The molecule has 0 aromatic rings. The molecule has 2 unspecified atom stereocenters. The van der Waals surface area contributed by atoms with Gasteiger partial charge in [0.1, 0.15) is 0 Å². The van der Waals surface area contributed by atoms with Crippen molar-refractivity contribution in [2.75, 3.05) is 19.4 Å². The lowest BCUT2D eigenvalue weighted by Crippen LogP contribution is -2.22. The van der Waals surface area contributed by atoms with Crippen LogP contribution in [-0.4, -0.2) is 31.2 Å². The summed E-state index contributed by atoms with van der Waals surface area (Å²) in [6, 6.07) is 0. The molecule has 1 N–H and O–H groups in total. The lowest BCUT2D eigenvalue weighted by molar-refractivity contribution is -0.125. The molecule has 0 aliphatic carbocycles. The number of rotatable bonds is 7. The monoisotopic (exact) mass is 261 g/mol. The number of carbonyl (C=O) groups is 2. The zero-order valence-electron chi connectivity index (χ0n) is 10.4. The molecule has 0 bridgehead atoms. The van der Waals surface area contributed by atoms with Gasteiger partial charge in [-0.1, -0.05) is 13.3 Å². The summed E-state index contributed by atoms with van der Waals surface area (Å²) in [4.78, 5) is 22.3. The Morgan fingerprint density at radius 3 is 2.71 bits per heavy atom. The van der Waals surface area contributed by atoms with Crippen LogP contribution in [0.3, 0.4) is 0 Å². The van der Waals surface area contributed by atoms with E-state index < -0.39 is 7.37 Å². The molecule has 1 saturated heterocycles. The lowest BCUT2D eigenvalue weighted by Gasteiger charge is -2.14. The molecule has 2 atom stereocenters. The van der Waals surface area contributed by atoms with Crippen molar-refractivity contribution in [3.05, 3.63) is 0 Å². The van der Waals surface area contributed by atoms with E-state index in [-0.39, 0.29) is 24.2 Å². The summed E-state index contributed by atoms with van der Waals surface area (Å²) in [6.45, 7) is 4.13. The molecular formula is C11H20NO4P. The number of unbranched alkanes of at least 4 members (excludes halogenated alkanes) is 1. The van der Waals surface area contributed by atoms with Crippen LogP contribution in [0.25, 0.3) is 0 Å². The molecular weight excluding hydrogens is 241 g/mol. The SMILES string of the molecule is CCCCOP(C)(=O)CCC1CC(=O)NC1=O. The van der Waals surface area contributed by atoms with Gasteiger partial charge in [0.05, 0.1) is 6.61 Å². The van der Waals surface area contributed by atoms with E-state index in [1.54, 1.807) is 6.66 Å². The van der Waals surface area contributed by atoms with Crippen LogP contribution in [0.1, 0.15) is 32.6 Å². The Bertz CT molecular complexity index is 342. The molecule has 1 aliphatic rings. The summed E-state index contributed by atoms with van der Waals surface area (Å²) in [5, 5.41) is 2.25. The molecule has 0 saturated carbocycles. The van der Waals surface area contributed by atoms with Crippen molar-refractivity contribution in [1.82, 2.24) is 5.32 Å². The summed E-state index contributed by atoms with van der Waals surface area (Å²) in [5.41, 5.74) is 0. The molecule has 0 aromatic heterocycles. The molecule has 1 heterocycles. The zero-order chi connectivity index (χ0) is 12.9. The van der Waals surface area contributed by atoms with Gasteiger partial charge in [-0.05, 0) is 12.8 Å². The van der Waals surface area contributed by atoms with Crippen LogP contribution in [0.5, 0.6) is 0 Å². The van der Waals surface area contributed by atoms with E-state index >= 15 is 0 Å². The fourth-order valence-electron chi connectivity index (χ4n) is 1.70. The minimum atomic E-state index is -2.61. The van der Waals surface area contributed by atoms with E-state index in [1.165, 1.54) is 0 Å². The molecule has 6 heteroatoms. The number of amides is 2. The molecule has 0 spiro atoms. The summed E-state index contributed by atoms with van der Waals surface area (Å²) in [6.07, 6.45) is 2.92. The Morgan fingerprint density at radius 1 is 1.47 bits per heavy atom. The fourth-order valence-corrected chi connectivity index (χ4v) is 3.12. The minimum Gasteiger partial charge on any atom is -0.329 e. The summed E-state index contributed by atoms with van der Waals surface area (Å²) in [5.74, 6) is -0.813. The maximum Gasteiger partial charge on any atom is 0.230 e. The molecule has 98 valence electrons. The average molecular weight is 261 g/mol. The van der Waals surface area contributed by atoms with Crippen LogP contribution < -0.4 is 5.32 Å². The number of hydrogen-bond donors (Lipinski definition) is 1.